The van der Waals surface area contributed by atoms with Crippen molar-refractivity contribution in [3.63, 3.8) is 0 Å². The third-order valence-corrected chi connectivity index (χ3v) is 3.47. The monoisotopic (exact) mass is 284 g/mol. The molecule has 0 heterocycles. The molecule has 2 N–H and O–H groups in total. The molecule has 1 aromatic rings. The number of sulfone groups is 1. The average Bonchev–Trinajstić information content (AvgIpc) is 2.25. The molecule has 1 rings (SSSR count). The number of rotatable bonds is 4. The summed E-state index contributed by atoms with van der Waals surface area (Å²) in [4.78, 5) is 11.9. The summed E-state index contributed by atoms with van der Waals surface area (Å²) in [5.41, 5.74) is 0.449. The molecular weight excluding hydrogens is 264 g/mol. The van der Waals surface area contributed by atoms with Crippen molar-refractivity contribution in [2.24, 2.45) is 0 Å². The highest BCUT2D eigenvalue weighted by Crippen LogP contribution is 2.13. The van der Waals surface area contributed by atoms with Gasteiger partial charge in [-0.15, -0.1) is 0 Å². The Morgan fingerprint density at radius 1 is 1.16 bits per heavy atom. The first-order chi connectivity index (χ1) is 8.58. The number of carbonyl (C=O) groups excluding carboxylic acids is 1. The van der Waals surface area contributed by atoms with E-state index in [1.165, 1.54) is 12.1 Å². The van der Waals surface area contributed by atoms with Crippen LogP contribution in [-0.4, -0.2) is 32.7 Å². The Balaban J connectivity index is 2.61. The fraction of sp³-hybridized carbons (Fsp3) is 0.462. The quantitative estimate of drug-likeness (QED) is 0.876. The molecule has 19 heavy (non-hydrogen) atoms. The van der Waals surface area contributed by atoms with Crippen molar-refractivity contribution in [3.05, 3.63) is 24.3 Å². The van der Waals surface area contributed by atoms with Crippen LogP contribution in [0.3, 0.4) is 0 Å². The SMILES string of the molecule is CC(C)(C)NCC(=O)Nc1ccc(S(C)(=O)=O)cc1. The van der Waals surface area contributed by atoms with Gasteiger partial charge in [0.15, 0.2) is 9.84 Å². The van der Waals surface area contributed by atoms with Crippen LogP contribution in [0.4, 0.5) is 5.69 Å². The van der Waals surface area contributed by atoms with Gasteiger partial charge >= 0.3 is 0 Å². The minimum absolute atomic E-state index is 0.127. The number of hydrogen-bond donors (Lipinski definition) is 2. The molecule has 0 aliphatic carbocycles. The second-order valence-corrected chi connectivity index (χ2v) is 7.46. The molecule has 0 atom stereocenters. The molecule has 0 saturated carbocycles. The standard InChI is InChI=1S/C13H20N2O3S/c1-13(2,3)14-9-12(16)15-10-5-7-11(8-6-10)19(4,17)18/h5-8,14H,9H2,1-4H3,(H,15,16). The molecular formula is C13H20N2O3S. The van der Waals surface area contributed by atoms with Crippen molar-refractivity contribution in [2.75, 3.05) is 18.1 Å². The van der Waals surface area contributed by atoms with Gasteiger partial charge in [0.1, 0.15) is 0 Å². The lowest BCUT2D eigenvalue weighted by Crippen LogP contribution is -2.41. The van der Waals surface area contributed by atoms with Gasteiger partial charge < -0.3 is 10.6 Å². The van der Waals surface area contributed by atoms with Gasteiger partial charge in [0, 0.05) is 17.5 Å². The van der Waals surface area contributed by atoms with Crippen molar-refractivity contribution < 1.29 is 13.2 Å². The molecule has 0 spiro atoms. The molecule has 0 radical (unpaired) electrons. The van der Waals surface area contributed by atoms with Crippen LogP contribution in [-0.2, 0) is 14.6 Å². The van der Waals surface area contributed by atoms with E-state index in [0.29, 0.717) is 5.69 Å². The van der Waals surface area contributed by atoms with E-state index in [4.69, 9.17) is 0 Å². The molecule has 0 aliphatic rings. The normalized spacial score (nSPS) is 12.2. The number of anilines is 1. The van der Waals surface area contributed by atoms with Crippen LogP contribution in [0.5, 0.6) is 0 Å². The zero-order valence-electron chi connectivity index (χ0n) is 11.6. The van der Waals surface area contributed by atoms with Crippen LogP contribution >= 0.6 is 0 Å². The lowest BCUT2D eigenvalue weighted by molar-refractivity contribution is -0.115. The number of amides is 1. The summed E-state index contributed by atoms with van der Waals surface area (Å²) in [6.07, 6.45) is 1.15. The van der Waals surface area contributed by atoms with E-state index in [1.807, 2.05) is 20.8 Å². The summed E-state index contributed by atoms with van der Waals surface area (Å²) >= 11 is 0. The second-order valence-electron chi connectivity index (χ2n) is 5.45. The maximum absolute atomic E-state index is 11.6. The fourth-order valence-electron chi connectivity index (χ4n) is 1.34. The Kier molecular flexibility index (Phi) is 4.70. The Morgan fingerprint density at radius 2 is 1.68 bits per heavy atom. The zero-order valence-corrected chi connectivity index (χ0v) is 12.5. The fourth-order valence-corrected chi connectivity index (χ4v) is 1.97. The maximum atomic E-state index is 11.6. The van der Waals surface area contributed by atoms with Crippen molar-refractivity contribution in [1.29, 1.82) is 0 Å². The minimum atomic E-state index is -3.20. The third kappa shape index (κ3) is 5.85. The van der Waals surface area contributed by atoms with Gasteiger partial charge in [-0.1, -0.05) is 0 Å². The minimum Gasteiger partial charge on any atom is -0.325 e. The van der Waals surface area contributed by atoms with Crippen LogP contribution in [0.1, 0.15) is 20.8 Å². The van der Waals surface area contributed by atoms with E-state index in [1.54, 1.807) is 12.1 Å². The average molecular weight is 284 g/mol. The highest BCUT2D eigenvalue weighted by atomic mass is 32.2. The van der Waals surface area contributed by atoms with Crippen molar-refractivity contribution >= 4 is 21.4 Å². The molecule has 5 nitrogen and oxygen atoms in total. The summed E-state index contributed by atoms with van der Waals surface area (Å²) < 4.78 is 22.6. The van der Waals surface area contributed by atoms with E-state index in [9.17, 15) is 13.2 Å². The van der Waals surface area contributed by atoms with Gasteiger partial charge in [-0.05, 0) is 45.0 Å². The highest BCUT2D eigenvalue weighted by molar-refractivity contribution is 7.90. The van der Waals surface area contributed by atoms with Crippen LogP contribution in [0.2, 0.25) is 0 Å². The number of benzene rings is 1. The molecule has 0 aromatic heterocycles. The molecule has 0 unspecified atom stereocenters. The molecule has 1 amide bonds. The molecule has 106 valence electrons. The second kappa shape index (κ2) is 5.71. The zero-order chi connectivity index (χ0) is 14.7. The van der Waals surface area contributed by atoms with E-state index in [-0.39, 0.29) is 22.9 Å². The number of hydrogen-bond acceptors (Lipinski definition) is 4. The predicted molar refractivity (Wildman–Crippen MR) is 75.9 cm³/mol. The summed E-state index contributed by atoms with van der Waals surface area (Å²) in [7, 11) is -3.20. The maximum Gasteiger partial charge on any atom is 0.238 e. The van der Waals surface area contributed by atoms with Crippen LogP contribution < -0.4 is 10.6 Å². The molecule has 0 fully saturated rings. The smallest absolute Gasteiger partial charge is 0.238 e. The van der Waals surface area contributed by atoms with Gasteiger partial charge in [0.25, 0.3) is 0 Å². The lowest BCUT2D eigenvalue weighted by Gasteiger charge is -2.20. The Morgan fingerprint density at radius 3 is 2.11 bits per heavy atom. The summed E-state index contributed by atoms with van der Waals surface area (Å²) in [6.45, 7) is 6.13. The summed E-state index contributed by atoms with van der Waals surface area (Å²) in [5, 5.41) is 5.77. The van der Waals surface area contributed by atoms with Gasteiger partial charge in [-0.25, -0.2) is 8.42 Å². The van der Waals surface area contributed by atoms with Crippen molar-refractivity contribution in [3.8, 4) is 0 Å². The van der Waals surface area contributed by atoms with Gasteiger partial charge in [0.05, 0.1) is 11.4 Å². The molecule has 0 bridgehead atoms. The molecule has 6 heteroatoms. The largest absolute Gasteiger partial charge is 0.325 e. The van der Waals surface area contributed by atoms with Crippen molar-refractivity contribution in [2.45, 2.75) is 31.2 Å². The molecule has 1 aromatic carbocycles. The summed E-state index contributed by atoms with van der Waals surface area (Å²) in [5.74, 6) is -0.165. The lowest BCUT2D eigenvalue weighted by atomic mass is 10.1. The molecule has 0 saturated heterocycles. The van der Waals surface area contributed by atoms with E-state index >= 15 is 0 Å². The predicted octanol–water partition coefficient (Wildman–Crippen LogP) is 1.42. The first-order valence-electron chi connectivity index (χ1n) is 5.93. The number of carbonyl (C=O) groups is 1. The van der Waals surface area contributed by atoms with E-state index in [2.05, 4.69) is 10.6 Å². The summed E-state index contributed by atoms with van der Waals surface area (Å²) in [6, 6.07) is 6.10. The van der Waals surface area contributed by atoms with Gasteiger partial charge in [-0.3, -0.25) is 4.79 Å². The van der Waals surface area contributed by atoms with Gasteiger partial charge in [-0.2, -0.15) is 0 Å². The Labute approximate surface area is 114 Å². The molecule has 0 aliphatic heterocycles. The Bertz CT molecular complexity index is 542. The van der Waals surface area contributed by atoms with Crippen LogP contribution in [0.15, 0.2) is 29.2 Å². The number of nitrogens with one attached hydrogen (secondary N) is 2. The third-order valence-electron chi connectivity index (χ3n) is 2.35. The van der Waals surface area contributed by atoms with Crippen molar-refractivity contribution in [1.82, 2.24) is 5.32 Å². The first-order valence-corrected chi connectivity index (χ1v) is 7.82. The van der Waals surface area contributed by atoms with Crippen LogP contribution in [0.25, 0.3) is 0 Å². The Hall–Kier alpha value is -1.40. The topological polar surface area (TPSA) is 75.3 Å². The van der Waals surface area contributed by atoms with E-state index < -0.39 is 9.84 Å². The van der Waals surface area contributed by atoms with Crippen LogP contribution in [0, 0.1) is 0 Å². The van der Waals surface area contributed by atoms with E-state index in [0.717, 1.165) is 6.26 Å². The first kappa shape index (κ1) is 15.7. The highest BCUT2D eigenvalue weighted by Gasteiger charge is 2.12. The van der Waals surface area contributed by atoms with Gasteiger partial charge in [0.2, 0.25) is 5.91 Å².